The second kappa shape index (κ2) is 4.56. The van der Waals surface area contributed by atoms with E-state index >= 15 is 0 Å². The lowest BCUT2D eigenvalue weighted by Gasteiger charge is -2.61. The normalized spacial score (nSPS) is 34.5. The molecule has 0 aliphatic heterocycles. The summed E-state index contributed by atoms with van der Waals surface area (Å²) in [6, 6.07) is 4.37. The molecule has 4 unspecified atom stereocenters. The zero-order chi connectivity index (χ0) is 14.7. The van der Waals surface area contributed by atoms with E-state index in [1.165, 1.54) is 35.8 Å². The Bertz CT molecular complexity index is 561. The van der Waals surface area contributed by atoms with Gasteiger partial charge in [-0.3, -0.25) is 0 Å². The summed E-state index contributed by atoms with van der Waals surface area (Å²) in [6.07, 6.45) is 3.66. The number of carbonyl (C=O) groups excluding carboxylic acids is 1. The van der Waals surface area contributed by atoms with Crippen LogP contribution in [0.3, 0.4) is 0 Å². The molecule has 3 fully saturated rings. The van der Waals surface area contributed by atoms with Gasteiger partial charge < -0.3 is 4.79 Å². The quantitative estimate of drug-likeness (QED) is 0.602. The Morgan fingerprint density at radius 2 is 1.90 bits per heavy atom. The van der Waals surface area contributed by atoms with Gasteiger partial charge in [-0.25, -0.2) is 0 Å². The molecule has 3 aliphatic rings. The topological polar surface area (TPSA) is 17.1 Å². The minimum absolute atomic E-state index is 0.202. The Labute approximate surface area is 125 Å². The van der Waals surface area contributed by atoms with Gasteiger partial charge in [0.1, 0.15) is 6.29 Å². The third-order valence-electron chi connectivity index (χ3n) is 6.40. The lowest BCUT2D eigenvalue weighted by Crippen LogP contribution is -2.55. The van der Waals surface area contributed by atoms with Gasteiger partial charge in [-0.05, 0) is 66.5 Å². The fourth-order valence-corrected chi connectivity index (χ4v) is 4.89. The summed E-state index contributed by atoms with van der Waals surface area (Å²) >= 11 is 0. The van der Waals surface area contributed by atoms with E-state index < -0.39 is 0 Å². The zero-order valence-electron chi connectivity index (χ0n) is 12.9. The van der Waals surface area contributed by atoms with Crippen LogP contribution in [-0.2, 0) is 4.79 Å². The van der Waals surface area contributed by atoms with Crippen molar-refractivity contribution >= 4 is 21.7 Å². The Balaban J connectivity index is 2.00. The highest BCUT2D eigenvalue weighted by atomic mass is 28.1. The Hall–Kier alpha value is -0.893. The molecule has 3 aliphatic carbocycles. The van der Waals surface area contributed by atoms with Gasteiger partial charge in [0.15, 0.2) is 0 Å². The second-order valence-electron chi connectivity index (χ2n) is 7.37. The maximum atomic E-state index is 11.7. The van der Waals surface area contributed by atoms with Gasteiger partial charge >= 0.3 is 0 Å². The summed E-state index contributed by atoms with van der Waals surface area (Å²) in [5.74, 6) is 1.99. The predicted octanol–water partition coefficient (Wildman–Crippen LogP) is 3.06. The van der Waals surface area contributed by atoms with Crippen molar-refractivity contribution in [3.05, 3.63) is 28.8 Å². The molecule has 1 nitrogen and oxygen atoms in total. The molecular formula is C18H23OSi. The number of rotatable bonds is 2. The summed E-state index contributed by atoms with van der Waals surface area (Å²) < 4.78 is 0. The van der Waals surface area contributed by atoms with Crippen LogP contribution in [0.25, 0.3) is 0 Å². The zero-order valence-corrected chi connectivity index (χ0v) is 13.9. The maximum Gasteiger partial charge on any atom is 0.123 e. The standard InChI is InChI=1S/C18H23OSi/c1-10-11(2)17(20)6-5-13(10)14-7-12-8-16(15(14)9-19)18(12,3)4/h5-6,9,12,14-16H,7-8H2,1-4H3. The van der Waals surface area contributed by atoms with Crippen molar-refractivity contribution in [1.82, 2.24) is 0 Å². The number of carbonyl (C=O) groups is 1. The molecule has 0 N–H and O–H groups in total. The van der Waals surface area contributed by atoms with Crippen LogP contribution in [0.15, 0.2) is 12.1 Å². The molecular weight excluding hydrogens is 260 g/mol. The largest absolute Gasteiger partial charge is 0.303 e. The lowest BCUT2D eigenvalue weighted by atomic mass is 9.42. The summed E-state index contributed by atoms with van der Waals surface area (Å²) in [7, 11) is 3.66. The van der Waals surface area contributed by atoms with Crippen molar-refractivity contribution in [2.45, 2.75) is 46.5 Å². The van der Waals surface area contributed by atoms with E-state index in [0.717, 1.165) is 11.1 Å². The number of hydrogen-bond donors (Lipinski definition) is 0. The summed E-state index contributed by atoms with van der Waals surface area (Å²) in [4.78, 5) is 11.7. The molecule has 2 bridgehead atoms. The van der Waals surface area contributed by atoms with Gasteiger partial charge in [0, 0.05) is 5.92 Å². The van der Waals surface area contributed by atoms with E-state index in [1.54, 1.807) is 0 Å². The molecule has 0 heterocycles. The van der Waals surface area contributed by atoms with E-state index in [2.05, 4.69) is 50.1 Å². The third-order valence-corrected chi connectivity index (χ3v) is 6.94. The van der Waals surface area contributed by atoms with Crippen molar-refractivity contribution in [1.29, 1.82) is 0 Å². The minimum Gasteiger partial charge on any atom is -0.303 e. The van der Waals surface area contributed by atoms with Gasteiger partial charge in [0.05, 0.1) is 10.2 Å². The molecule has 105 valence electrons. The number of hydrogen-bond acceptors (Lipinski definition) is 1. The monoisotopic (exact) mass is 283 g/mol. The van der Waals surface area contributed by atoms with Crippen LogP contribution in [0.5, 0.6) is 0 Å². The molecule has 4 atom stereocenters. The minimum atomic E-state index is 0.202. The average molecular weight is 283 g/mol. The fraction of sp³-hybridized carbons (Fsp3) is 0.611. The molecule has 3 saturated carbocycles. The van der Waals surface area contributed by atoms with Gasteiger partial charge in [0.25, 0.3) is 0 Å². The maximum absolute atomic E-state index is 11.7. The van der Waals surface area contributed by atoms with Crippen LogP contribution < -0.4 is 5.19 Å². The first-order valence-corrected chi connectivity index (χ1v) is 8.15. The van der Waals surface area contributed by atoms with Crippen LogP contribution in [0, 0.1) is 37.0 Å². The highest BCUT2D eigenvalue weighted by molar-refractivity contribution is 6.33. The van der Waals surface area contributed by atoms with E-state index in [0.29, 0.717) is 17.3 Å². The summed E-state index contributed by atoms with van der Waals surface area (Å²) in [6.45, 7) is 9.04. The SMILES string of the molecule is Cc1c([Si])ccc(C2CC3CC(C2C=O)C3(C)C)c1C. The molecule has 20 heavy (non-hydrogen) atoms. The molecule has 0 spiro atoms. The Morgan fingerprint density at radius 1 is 1.20 bits per heavy atom. The van der Waals surface area contributed by atoms with E-state index in [9.17, 15) is 4.79 Å². The molecule has 0 amide bonds. The first-order valence-electron chi connectivity index (χ1n) is 7.65. The van der Waals surface area contributed by atoms with Crippen LogP contribution >= 0.6 is 0 Å². The van der Waals surface area contributed by atoms with Gasteiger partial charge in [0.2, 0.25) is 0 Å². The third kappa shape index (κ3) is 1.77. The van der Waals surface area contributed by atoms with Crippen LogP contribution in [0.4, 0.5) is 0 Å². The van der Waals surface area contributed by atoms with Crippen molar-refractivity contribution in [3.8, 4) is 0 Å². The van der Waals surface area contributed by atoms with Crippen molar-refractivity contribution in [3.63, 3.8) is 0 Å². The second-order valence-corrected chi connectivity index (χ2v) is 7.91. The van der Waals surface area contributed by atoms with Crippen LogP contribution in [0.1, 0.15) is 49.3 Å². The molecule has 1 aromatic rings. The molecule has 1 aromatic carbocycles. The van der Waals surface area contributed by atoms with Gasteiger partial charge in [-0.1, -0.05) is 31.2 Å². The van der Waals surface area contributed by atoms with Crippen LogP contribution in [0.2, 0.25) is 0 Å². The lowest BCUT2D eigenvalue weighted by molar-refractivity contribution is -0.139. The van der Waals surface area contributed by atoms with Crippen molar-refractivity contribution in [2.24, 2.45) is 23.2 Å². The summed E-state index contributed by atoms with van der Waals surface area (Å²) in [5.41, 5.74) is 4.42. The van der Waals surface area contributed by atoms with Crippen LogP contribution in [-0.4, -0.2) is 16.5 Å². The Morgan fingerprint density at radius 3 is 2.50 bits per heavy atom. The number of fused-ring (bicyclic) bond motifs is 2. The molecule has 3 radical (unpaired) electrons. The smallest absolute Gasteiger partial charge is 0.123 e. The number of aldehydes is 1. The average Bonchev–Trinajstić information content (AvgIpc) is 2.44. The predicted molar refractivity (Wildman–Crippen MR) is 83.6 cm³/mol. The van der Waals surface area contributed by atoms with Gasteiger partial charge in [-0.15, -0.1) is 0 Å². The fourth-order valence-electron chi connectivity index (χ4n) is 4.62. The molecule has 4 rings (SSSR count). The molecule has 2 heteroatoms. The first-order chi connectivity index (χ1) is 9.37. The van der Waals surface area contributed by atoms with E-state index in [1.807, 2.05) is 0 Å². The highest BCUT2D eigenvalue weighted by Gasteiger charge is 2.57. The molecule has 0 saturated heterocycles. The Kier molecular flexibility index (Phi) is 3.20. The van der Waals surface area contributed by atoms with E-state index in [-0.39, 0.29) is 5.92 Å². The highest BCUT2D eigenvalue weighted by Crippen LogP contribution is 2.64. The first kappa shape index (κ1) is 14.1. The van der Waals surface area contributed by atoms with Crippen molar-refractivity contribution < 1.29 is 4.79 Å². The van der Waals surface area contributed by atoms with E-state index in [4.69, 9.17) is 0 Å². The number of benzene rings is 1. The summed E-state index contributed by atoms with van der Waals surface area (Å²) in [5, 5.41) is 1.16. The van der Waals surface area contributed by atoms with Crippen molar-refractivity contribution in [2.75, 3.05) is 0 Å². The molecule has 0 aromatic heterocycles. The van der Waals surface area contributed by atoms with Gasteiger partial charge in [-0.2, -0.15) is 0 Å².